The van der Waals surface area contributed by atoms with Crippen LogP contribution in [0.3, 0.4) is 0 Å². The molecule has 1 aromatic heterocycles. The molecule has 4 heteroatoms. The molecule has 0 unspecified atom stereocenters. The van der Waals surface area contributed by atoms with E-state index < -0.39 is 0 Å². The minimum absolute atomic E-state index is 0.182. The lowest BCUT2D eigenvalue weighted by Crippen LogP contribution is -2.20. The van der Waals surface area contributed by atoms with Gasteiger partial charge in [-0.1, -0.05) is 6.08 Å². The van der Waals surface area contributed by atoms with Crippen LogP contribution in [0.4, 0.5) is 0 Å². The maximum absolute atomic E-state index is 11.4. The van der Waals surface area contributed by atoms with Gasteiger partial charge in [0.15, 0.2) is 0 Å². The Labute approximate surface area is 111 Å². The van der Waals surface area contributed by atoms with E-state index in [4.69, 9.17) is 9.15 Å². The minimum atomic E-state index is -0.182. The molecule has 0 aliphatic carbocycles. The zero-order valence-electron chi connectivity index (χ0n) is 10.7. The third kappa shape index (κ3) is 3.25. The highest BCUT2D eigenvalue weighted by atomic mass is 16.5. The molecule has 1 amide bonds. The standard InChI is InChI=1S/C15H15NO3/c1-3-8-16-15(17)7-5-13-10-11-9-12(18-2)4-6-14(11)19-13/h3-7,9-10H,1,8H2,2H3,(H,16,17)/b7-5+. The van der Waals surface area contributed by atoms with Gasteiger partial charge in [-0.05, 0) is 30.3 Å². The number of rotatable bonds is 5. The molecule has 1 aromatic carbocycles. The quantitative estimate of drug-likeness (QED) is 0.662. The Morgan fingerprint density at radius 3 is 3.05 bits per heavy atom. The van der Waals surface area contributed by atoms with Crippen LogP contribution in [0.25, 0.3) is 17.0 Å². The Morgan fingerprint density at radius 1 is 1.47 bits per heavy atom. The predicted molar refractivity (Wildman–Crippen MR) is 75.0 cm³/mol. The summed E-state index contributed by atoms with van der Waals surface area (Å²) < 4.78 is 10.7. The number of benzene rings is 1. The van der Waals surface area contributed by atoms with E-state index in [1.807, 2.05) is 24.3 Å². The van der Waals surface area contributed by atoms with E-state index in [0.29, 0.717) is 12.3 Å². The van der Waals surface area contributed by atoms with E-state index in [2.05, 4.69) is 11.9 Å². The first-order valence-electron chi connectivity index (χ1n) is 5.87. The number of carbonyl (C=O) groups excluding carboxylic acids is 1. The summed E-state index contributed by atoms with van der Waals surface area (Å²) in [7, 11) is 1.62. The first-order chi connectivity index (χ1) is 9.22. The van der Waals surface area contributed by atoms with E-state index in [1.165, 1.54) is 6.08 Å². The molecule has 0 aliphatic rings. The number of fused-ring (bicyclic) bond motifs is 1. The van der Waals surface area contributed by atoms with Gasteiger partial charge in [0.25, 0.3) is 0 Å². The van der Waals surface area contributed by atoms with Crippen molar-refractivity contribution in [3.8, 4) is 5.75 Å². The lowest BCUT2D eigenvalue weighted by molar-refractivity contribution is -0.116. The molecule has 0 aliphatic heterocycles. The second-order valence-electron chi connectivity index (χ2n) is 3.92. The zero-order chi connectivity index (χ0) is 13.7. The Balaban J connectivity index is 2.15. The van der Waals surface area contributed by atoms with Crippen LogP contribution in [0, 0.1) is 0 Å². The lowest BCUT2D eigenvalue weighted by Gasteiger charge is -1.96. The van der Waals surface area contributed by atoms with Crippen molar-refractivity contribution in [1.82, 2.24) is 5.32 Å². The summed E-state index contributed by atoms with van der Waals surface area (Å²) in [6, 6.07) is 7.41. The van der Waals surface area contributed by atoms with E-state index in [0.717, 1.165) is 16.7 Å². The summed E-state index contributed by atoms with van der Waals surface area (Å²) in [4.78, 5) is 11.4. The summed E-state index contributed by atoms with van der Waals surface area (Å²) in [6.07, 6.45) is 4.68. The van der Waals surface area contributed by atoms with E-state index in [9.17, 15) is 4.79 Å². The number of carbonyl (C=O) groups is 1. The number of amides is 1. The average molecular weight is 257 g/mol. The molecule has 98 valence electrons. The molecule has 1 heterocycles. The summed E-state index contributed by atoms with van der Waals surface area (Å²) in [5, 5.41) is 3.58. The molecule has 2 aromatic rings. The van der Waals surface area contributed by atoms with Gasteiger partial charge >= 0.3 is 0 Å². The molecule has 4 nitrogen and oxygen atoms in total. The molecule has 0 radical (unpaired) electrons. The highest BCUT2D eigenvalue weighted by Crippen LogP contribution is 2.24. The maximum atomic E-state index is 11.4. The van der Waals surface area contributed by atoms with Crippen LogP contribution in [0.5, 0.6) is 5.75 Å². The molecule has 0 spiro atoms. The third-order valence-corrected chi connectivity index (χ3v) is 2.56. The molecule has 19 heavy (non-hydrogen) atoms. The van der Waals surface area contributed by atoms with Crippen LogP contribution in [0.15, 0.2) is 47.4 Å². The average Bonchev–Trinajstić information content (AvgIpc) is 2.84. The first kappa shape index (κ1) is 13.0. The summed E-state index contributed by atoms with van der Waals surface area (Å²) in [6.45, 7) is 3.97. The van der Waals surface area contributed by atoms with Gasteiger partial charge in [0.05, 0.1) is 7.11 Å². The van der Waals surface area contributed by atoms with Crippen LogP contribution < -0.4 is 10.1 Å². The van der Waals surface area contributed by atoms with Crippen molar-refractivity contribution in [2.75, 3.05) is 13.7 Å². The van der Waals surface area contributed by atoms with Gasteiger partial charge in [-0.2, -0.15) is 0 Å². The van der Waals surface area contributed by atoms with Crippen LogP contribution in [0.1, 0.15) is 5.76 Å². The van der Waals surface area contributed by atoms with Crippen molar-refractivity contribution >= 4 is 23.0 Å². The van der Waals surface area contributed by atoms with Crippen molar-refractivity contribution in [2.45, 2.75) is 0 Å². The lowest BCUT2D eigenvalue weighted by atomic mass is 10.2. The first-order valence-corrected chi connectivity index (χ1v) is 5.87. The molecule has 0 saturated carbocycles. The van der Waals surface area contributed by atoms with E-state index in [-0.39, 0.29) is 5.91 Å². The SMILES string of the molecule is C=CCNC(=O)/C=C/c1cc2cc(OC)ccc2o1. The molecular formula is C15H15NO3. The molecule has 0 atom stereocenters. The van der Waals surface area contributed by atoms with Gasteiger partial charge in [0, 0.05) is 18.0 Å². The Hall–Kier alpha value is -2.49. The molecule has 0 bridgehead atoms. The van der Waals surface area contributed by atoms with Crippen LogP contribution in [-0.4, -0.2) is 19.6 Å². The second kappa shape index (κ2) is 5.91. The fraction of sp³-hybridized carbons (Fsp3) is 0.133. The maximum Gasteiger partial charge on any atom is 0.244 e. The van der Waals surface area contributed by atoms with Crippen LogP contribution in [-0.2, 0) is 4.79 Å². The predicted octanol–water partition coefficient (Wildman–Crippen LogP) is 2.76. The second-order valence-corrected chi connectivity index (χ2v) is 3.92. The van der Waals surface area contributed by atoms with E-state index in [1.54, 1.807) is 19.3 Å². The van der Waals surface area contributed by atoms with Crippen molar-refractivity contribution in [3.05, 3.63) is 48.8 Å². The number of nitrogens with one attached hydrogen (secondary N) is 1. The Morgan fingerprint density at radius 2 is 2.32 bits per heavy atom. The van der Waals surface area contributed by atoms with Gasteiger partial charge in [0.2, 0.25) is 5.91 Å². The van der Waals surface area contributed by atoms with Gasteiger partial charge < -0.3 is 14.5 Å². The van der Waals surface area contributed by atoms with Crippen molar-refractivity contribution in [2.24, 2.45) is 0 Å². The zero-order valence-corrected chi connectivity index (χ0v) is 10.7. The van der Waals surface area contributed by atoms with Gasteiger partial charge in [-0.15, -0.1) is 6.58 Å². The molecule has 0 fully saturated rings. The molecule has 0 saturated heterocycles. The summed E-state index contributed by atoms with van der Waals surface area (Å²) in [5.41, 5.74) is 0.756. The summed E-state index contributed by atoms with van der Waals surface area (Å²) in [5.74, 6) is 1.21. The highest BCUT2D eigenvalue weighted by Gasteiger charge is 2.03. The van der Waals surface area contributed by atoms with Crippen molar-refractivity contribution in [3.63, 3.8) is 0 Å². The largest absolute Gasteiger partial charge is 0.497 e. The van der Waals surface area contributed by atoms with Gasteiger partial charge in [-0.25, -0.2) is 0 Å². The van der Waals surface area contributed by atoms with Crippen LogP contribution in [0.2, 0.25) is 0 Å². The monoisotopic (exact) mass is 257 g/mol. The summed E-state index contributed by atoms with van der Waals surface area (Å²) >= 11 is 0. The third-order valence-electron chi connectivity index (χ3n) is 2.56. The number of methoxy groups -OCH3 is 1. The fourth-order valence-electron chi connectivity index (χ4n) is 1.64. The molecule has 1 N–H and O–H groups in total. The number of hydrogen-bond donors (Lipinski definition) is 1. The van der Waals surface area contributed by atoms with Gasteiger partial charge in [0.1, 0.15) is 17.1 Å². The highest BCUT2D eigenvalue weighted by molar-refractivity contribution is 5.92. The fourth-order valence-corrected chi connectivity index (χ4v) is 1.64. The number of ether oxygens (including phenoxy) is 1. The Kier molecular flexibility index (Phi) is 4.03. The normalized spacial score (nSPS) is 10.8. The number of hydrogen-bond acceptors (Lipinski definition) is 3. The smallest absolute Gasteiger partial charge is 0.244 e. The number of furan rings is 1. The topological polar surface area (TPSA) is 51.5 Å². The molecule has 2 rings (SSSR count). The van der Waals surface area contributed by atoms with Crippen molar-refractivity contribution < 1.29 is 13.9 Å². The Bertz CT molecular complexity index is 625. The van der Waals surface area contributed by atoms with E-state index >= 15 is 0 Å². The van der Waals surface area contributed by atoms with Crippen molar-refractivity contribution in [1.29, 1.82) is 0 Å². The molecular weight excluding hydrogens is 242 g/mol. The van der Waals surface area contributed by atoms with Crippen LogP contribution >= 0.6 is 0 Å². The minimum Gasteiger partial charge on any atom is -0.497 e. The van der Waals surface area contributed by atoms with Gasteiger partial charge in [-0.3, -0.25) is 4.79 Å².